The molecule has 1 atom stereocenters. The summed E-state index contributed by atoms with van der Waals surface area (Å²) in [5.41, 5.74) is 2.48. The molecule has 2 aliphatic rings. The Morgan fingerprint density at radius 1 is 1.15 bits per heavy atom. The lowest BCUT2D eigenvalue weighted by atomic mass is 9.86. The van der Waals surface area contributed by atoms with Crippen molar-refractivity contribution in [2.75, 3.05) is 32.1 Å². The third-order valence-corrected chi connectivity index (χ3v) is 7.70. The molecule has 5 heterocycles. The van der Waals surface area contributed by atoms with Gasteiger partial charge in [0.2, 0.25) is 0 Å². The van der Waals surface area contributed by atoms with Gasteiger partial charge in [-0.25, -0.2) is 4.98 Å². The number of piperidine rings is 1. The molecule has 0 saturated carbocycles. The first kappa shape index (κ1) is 25.3. The number of carbonyl (C=O) groups is 1. The second-order valence-electron chi connectivity index (χ2n) is 10.0. The van der Waals surface area contributed by atoms with Gasteiger partial charge < -0.3 is 20.3 Å². The van der Waals surface area contributed by atoms with Crippen LogP contribution in [0.15, 0.2) is 61.1 Å². The number of rotatable bonds is 6. The van der Waals surface area contributed by atoms with Crippen LogP contribution in [0.25, 0.3) is 11.4 Å². The van der Waals surface area contributed by atoms with Crippen molar-refractivity contribution >= 4 is 23.2 Å². The molecule has 0 spiro atoms. The summed E-state index contributed by atoms with van der Waals surface area (Å²) < 4.78 is 5.69. The standard InChI is InChI=1S/C28H29ClN8O2/c1-37-14-9-28(10-15-37,27-33-25(35-36-27)18-5-11-30-12-6-18)34-20-4-2-3-19(17-20)26(38)32-22-8-16-39-24-21(29)7-13-31-23(22)24/h2-7,11-13,17,22,34H,8-10,14-16H2,1H3,(H,32,38)(H,33,35,36)/t22-/m1/s1. The monoisotopic (exact) mass is 544 g/mol. The summed E-state index contributed by atoms with van der Waals surface area (Å²) in [7, 11) is 2.12. The normalized spacial score (nSPS) is 18.6. The van der Waals surface area contributed by atoms with Crippen LogP contribution in [-0.2, 0) is 5.54 Å². The Morgan fingerprint density at radius 2 is 1.97 bits per heavy atom. The number of ether oxygens (including phenoxy) is 1. The highest BCUT2D eigenvalue weighted by molar-refractivity contribution is 6.32. The molecule has 1 amide bonds. The van der Waals surface area contributed by atoms with E-state index in [0.717, 1.165) is 43.0 Å². The lowest BCUT2D eigenvalue weighted by molar-refractivity contribution is 0.0923. The summed E-state index contributed by atoms with van der Waals surface area (Å²) in [6.45, 7) is 2.26. The highest BCUT2D eigenvalue weighted by Gasteiger charge is 2.39. The molecule has 11 heteroatoms. The molecular formula is C28H29ClN8O2. The van der Waals surface area contributed by atoms with Gasteiger partial charge in [0, 0.05) is 54.9 Å². The second kappa shape index (κ2) is 10.6. The van der Waals surface area contributed by atoms with Crippen molar-refractivity contribution in [1.29, 1.82) is 0 Å². The average Bonchev–Trinajstić information content (AvgIpc) is 3.47. The minimum absolute atomic E-state index is 0.185. The van der Waals surface area contributed by atoms with Crippen molar-refractivity contribution in [2.45, 2.75) is 30.8 Å². The third kappa shape index (κ3) is 5.17. The summed E-state index contributed by atoms with van der Waals surface area (Å²) >= 11 is 6.28. The second-order valence-corrected chi connectivity index (χ2v) is 10.4. The van der Waals surface area contributed by atoms with Gasteiger partial charge >= 0.3 is 0 Å². The zero-order valence-corrected chi connectivity index (χ0v) is 22.3. The van der Waals surface area contributed by atoms with Gasteiger partial charge in [0.15, 0.2) is 17.4 Å². The summed E-state index contributed by atoms with van der Waals surface area (Å²) in [6, 6.07) is 12.7. The molecule has 1 fully saturated rings. The average molecular weight is 545 g/mol. The fourth-order valence-corrected chi connectivity index (χ4v) is 5.38. The van der Waals surface area contributed by atoms with Crippen molar-refractivity contribution in [1.82, 2.24) is 35.4 Å². The molecule has 39 heavy (non-hydrogen) atoms. The van der Waals surface area contributed by atoms with E-state index in [-0.39, 0.29) is 11.9 Å². The number of anilines is 1. The lowest BCUT2D eigenvalue weighted by Gasteiger charge is -2.40. The number of fused-ring (bicyclic) bond motifs is 1. The van der Waals surface area contributed by atoms with Crippen LogP contribution in [0.3, 0.4) is 0 Å². The van der Waals surface area contributed by atoms with Crippen LogP contribution in [0.4, 0.5) is 5.69 Å². The smallest absolute Gasteiger partial charge is 0.251 e. The summed E-state index contributed by atoms with van der Waals surface area (Å²) in [5.74, 6) is 1.76. The van der Waals surface area contributed by atoms with Gasteiger partial charge in [-0.05, 0) is 56.3 Å². The van der Waals surface area contributed by atoms with E-state index in [1.54, 1.807) is 24.7 Å². The van der Waals surface area contributed by atoms with E-state index >= 15 is 0 Å². The molecule has 2 aliphatic heterocycles. The van der Waals surface area contributed by atoms with Crippen LogP contribution in [0.1, 0.15) is 47.2 Å². The Balaban J connectivity index is 1.24. The Bertz CT molecular complexity index is 1470. The Labute approximate surface area is 231 Å². The number of hydrogen-bond acceptors (Lipinski definition) is 8. The van der Waals surface area contributed by atoms with Crippen LogP contribution < -0.4 is 15.4 Å². The number of amides is 1. The minimum Gasteiger partial charge on any atom is -0.490 e. The zero-order chi connectivity index (χ0) is 26.8. The molecule has 0 bridgehead atoms. The number of nitrogens with one attached hydrogen (secondary N) is 3. The molecule has 4 aromatic rings. The highest BCUT2D eigenvalue weighted by atomic mass is 35.5. The molecule has 3 N–H and O–H groups in total. The molecule has 0 radical (unpaired) electrons. The molecular weight excluding hydrogens is 516 g/mol. The molecule has 200 valence electrons. The van der Waals surface area contributed by atoms with E-state index in [0.29, 0.717) is 40.9 Å². The zero-order valence-electron chi connectivity index (χ0n) is 21.5. The number of halogens is 1. The topological polar surface area (TPSA) is 121 Å². The number of pyridine rings is 2. The van der Waals surface area contributed by atoms with Gasteiger partial charge in [-0.1, -0.05) is 17.7 Å². The van der Waals surface area contributed by atoms with Crippen LogP contribution in [0.5, 0.6) is 5.75 Å². The van der Waals surface area contributed by atoms with Gasteiger partial charge in [-0.2, -0.15) is 5.10 Å². The maximum atomic E-state index is 13.3. The maximum absolute atomic E-state index is 13.3. The predicted octanol–water partition coefficient (Wildman–Crippen LogP) is 4.20. The maximum Gasteiger partial charge on any atom is 0.251 e. The lowest BCUT2D eigenvalue weighted by Crippen LogP contribution is -2.46. The molecule has 1 aromatic carbocycles. The van der Waals surface area contributed by atoms with Crippen molar-refractivity contribution in [3.8, 4) is 17.1 Å². The van der Waals surface area contributed by atoms with Crippen LogP contribution in [0.2, 0.25) is 5.02 Å². The van der Waals surface area contributed by atoms with Gasteiger partial charge in [0.05, 0.1) is 23.2 Å². The number of carbonyl (C=O) groups excluding carboxylic acids is 1. The van der Waals surface area contributed by atoms with Crippen molar-refractivity contribution in [3.63, 3.8) is 0 Å². The summed E-state index contributed by atoms with van der Waals surface area (Å²) in [6.07, 6.45) is 7.37. The van der Waals surface area contributed by atoms with Crippen LogP contribution >= 0.6 is 11.6 Å². The molecule has 0 unspecified atom stereocenters. The first-order valence-corrected chi connectivity index (χ1v) is 13.4. The highest BCUT2D eigenvalue weighted by Crippen LogP contribution is 2.37. The number of aromatic amines is 1. The predicted molar refractivity (Wildman–Crippen MR) is 148 cm³/mol. The summed E-state index contributed by atoms with van der Waals surface area (Å²) in [4.78, 5) is 29.0. The molecule has 6 rings (SSSR count). The van der Waals surface area contributed by atoms with E-state index in [9.17, 15) is 4.79 Å². The first-order chi connectivity index (χ1) is 19.0. The number of hydrogen-bond donors (Lipinski definition) is 3. The quantitative estimate of drug-likeness (QED) is 0.330. The number of benzene rings is 1. The number of nitrogens with zero attached hydrogens (tertiary/aromatic N) is 5. The molecule has 10 nitrogen and oxygen atoms in total. The van der Waals surface area contributed by atoms with E-state index < -0.39 is 5.54 Å². The SMILES string of the molecule is CN1CCC(Nc2cccc(C(=O)N[C@@H]3CCOc4c(Cl)ccnc43)c2)(c2nc(-c3ccncc3)n[nH]2)CC1. The molecule has 3 aromatic heterocycles. The van der Waals surface area contributed by atoms with E-state index in [2.05, 4.69) is 42.7 Å². The fourth-order valence-electron chi connectivity index (χ4n) is 5.17. The van der Waals surface area contributed by atoms with Crippen LogP contribution in [-0.4, -0.2) is 62.7 Å². The van der Waals surface area contributed by atoms with Gasteiger partial charge in [0.1, 0.15) is 5.69 Å². The van der Waals surface area contributed by atoms with Crippen molar-refractivity contribution < 1.29 is 9.53 Å². The van der Waals surface area contributed by atoms with E-state index in [1.807, 2.05) is 36.4 Å². The Hall–Kier alpha value is -4.02. The first-order valence-electron chi connectivity index (χ1n) is 13.0. The van der Waals surface area contributed by atoms with Crippen LogP contribution in [0, 0.1) is 0 Å². The van der Waals surface area contributed by atoms with Crippen molar-refractivity contribution in [2.24, 2.45) is 0 Å². The van der Waals surface area contributed by atoms with Crippen molar-refractivity contribution in [3.05, 3.63) is 83.2 Å². The minimum atomic E-state index is -0.458. The third-order valence-electron chi connectivity index (χ3n) is 7.40. The van der Waals surface area contributed by atoms with Gasteiger partial charge in [-0.3, -0.25) is 19.9 Å². The van der Waals surface area contributed by atoms with E-state index in [4.69, 9.17) is 21.3 Å². The Morgan fingerprint density at radius 3 is 2.79 bits per heavy atom. The van der Waals surface area contributed by atoms with Gasteiger partial charge in [-0.15, -0.1) is 0 Å². The summed E-state index contributed by atoms with van der Waals surface area (Å²) in [5, 5.41) is 15.0. The molecule has 1 saturated heterocycles. The van der Waals surface area contributed by atoms with Gasteiger partial charge in [0.25, 0.3) is 5.91 Å². The Kier molecular flexibility index (Phi) is 6.88. The number of likely N-dealkylation sites (tertiary alicyclic amines) is 1. The van der Waals surface area contributed by atoms with E-state index in [1.165, 1.54) is 0 Å². The fraction of sp³-hybridized carbons (Fsp3) is 0.321. The molecule has 0 aliphatic carbocycles. The number of aromatic nitrogens is 5. The largest absolute Gasteiger partial charge is 0.490 e. The number of H-pyrrole nitrogens is 1.